The smallest absolute Gasteiger partial charge is 0.254 e. The van der Waals surface area contributed by atoms with Crippen molar-refractivity contribution in [2.24, 2.45) is 5.73 Å². The van der Waals surface area contributed by atoms with Gasteiger partial charge in [0.2, 0.25) is 5.88 Å². The molecule has 1 heterocycles. The molecular weight excluding hydrogens is 332 g/mol. The number of nitrogens with zero attached hydrogens (tertiary/aromatic N) is 1. The van der Waals surface area contributed by atoms with Crippen LogP contribution >= 0.6 is 15.9 Å². The first-order valence-electron chi connectivity index (χ1n) is 6.52. The van der Waals surface area contributed by atoms with Gasteiger partial charge in [0.25, 0.3) is 5.91 Å². The number of aryl methyl sites for hydroxylation is 4. The highest BCUT2D eigenvalue weighted by Crippen LogP contribution is 2.31. The molecule has 0 saturated heterocycles. The van der Waals surface area contributed by atoms with Gasteiger partial charge in [-0.1, -0.05) is 15.9 Å². The van der Waals surface area contributed by atoms with Crippen LogP contribution in [0.25, 0.3) is 0 Å². The van der Waals surface area contributed by atoms with E-state index in [1.54, 1.807) is 0 Å². The standard InChI is InChI=1S/C16H17BrN2O2/c1-8-5-11(4)19-16(13(8)15(18)20)21-12-6-9(2)14(17)10(3)7-12/h5-7H,1-4H3,(H2,18,20). The van der Waals surface area contributed by atoms with E-state index in [2.05, 4.69) is 20.9 Å². The normalized spacial score (nSPS) is 10.5. The second kappa shape index (κ2) is 5.85. The fraction of sp³-hybridized carbons (Fsp3) is 0.250. The average Bonchev–Trinajstić information content (AvgIpc) is 2.34. The first-order valence-corrected chi connectivity index (χ1v) is 7.31. The fourth-order valence-corrected chi connectivity index (χ4v) is 2.48. The maximum absolute atomic E-state index is 11.6. The molecule has 1 aromatic heterocycles. The molecule has 4 nitrogen and oxygen atoms in total. The molecule has 0 unspecified atom stereocenters. The zero-order valence-corrected chi connectivity index (χ0v) is 14.0. The number of carbonyl (C=O) groups excluding carboxylic acids is 1. The summed E-state index contributed by atoms with van der Waals surface area (Å²) >= 11 is 3.51. The topological polar surface area (TPSA) is 65.2 Å². The second-order valence-corrected chi connectivity index (χ2v) is 5.89. The first-order chi connectivity index (χ1) is 9.79. The summed E-state index contributed by atoms with van der Waals surface area (Å²) in [5.74, 6) is 0.342. The molecule has 0 spiro atoms. The number of pyridine rings is 1. The van der Waals surface area contributed by atoms with Crippen LogP contribution in [0.3, 0.4) is 0 Å². The molecule has 0 aliphatic rings. The predicted molar refractivity (Wildman–Crippen MR) is 85.9 cm³/mol. The zero-order chi connectivity index (χ0) is 15.7. The Bertz CT molecular complexity index is 703. The van der Waals surface area contributed by atoms with Gasteiger partial charge >= 0.3 is 0 Å². The molecule has 0 fully saturated rings. The van der Waals surface area contributed by atoms with E-state index < -0.39 is 5.91 Å². The highest BCUT2D eigenvalue weighted by atomic mass is 79.9. The lowest BCUT2D eigenvalue weighted by Gasteiger charge is -2.13. The van der Waals surface area contributed by atoms with Crippen LogP contribution in [0, 0.1) is 27.7 Å². The Morgan fingerprint density at radius 3 is 2.19 bits per heavy atom. The number of amides is 1. The van der Waals surface area contributed by atoms with Crippen molar-refractivity contribution in [2.75, 3.05) is 0 Å². The van der Waals surface area contributed by atoms with Crippen LogP contribution in [0.4, 0.5) is 0 Å². The number of carbonyl (C=O) groups is 1. The Hall–Kier alpha value is -1.88. The molecule has 2 N–H and O–H groups in total. The minimum absolute atomic E-state index is 0.251. The van der Waals surface area contributed by atoms with Gasteiger partial charge in [0.1, 0.15) is 11.3 Å². The van der Waals surface area contributed by atoms with E-state index in [1.165, 1.54) is 0 Å². The lowest BCUT2D eigenvalue weighted by Crippen LogP contribution is -2.15. The average molecular weight is 349 g/mol. The summed E-state index contributed by atoms with van der Waals surface area (Å²) in [5, 5.41) is 0. The van der Waals surface area contributed by atoms with Gasteiger partial charge < -0.3 is 10.5 Å². The Balaban J connectivity index is 2.51. The van der Waals surface area contributed by atoms with Crippen LogP contribution in [0.5, 0.6) is 11.6 Å². The Morgan fingerprint density at radius 2 is 1.67 bits per heavy atom. The molecule has 0 radical (unpaired) electrons. The number of nitrogens with two attached hydrogens (primary N) is 1. The van der Waals surface area contributed by atoms with Gasteiger partial charge in [-0.05, 0) is 62.6 Å². The number of ether oxygens (including phenoxy) is 1. The van der Waals surface area contributed by atoms with Crippen LogP contribution in [-0.2, 0) is 0 Å². The molecular formula is C16H17BrN2O2. The summed E-state index contributed by atoms with van der Waals surface area (Å²) in [5.41, 5.74) is 9.39. The van der Waals surface area contributed by atoms with Gasteiger partial charge in [-0.25, -0.2) is 4.98 Å². The van der Waals surface area contributed by atoms with Crippen molar-refractivity contribution in [3.63, 3.8) is 0 Å². The second-order valence-electron chi connectivity index (χ2n) is 5.10. The largest absolute Gasteiger partial charge is 0.438 e. The highest BCUT2D eigenvalue weighted by molar-refractivity contribution is 9.10. The van der Waals surface area contributed by atoms with Crippen LogP contribution < -0.4 is 10.5 Å². The summed E-state index contributed by atoms with van der Waals surface area (Å²) in [6, 6.07) is 5.59. The quantitative estimate of drug-likeness (QED) is 0.912. The van der Waals surface area contributed by atoms with Gasteiger partial charge in [-0.15, -0.1) is 0 Å². The Kier molecular flexibility index (Phi) is 4.32. The van der Waals surface area contributed by atoms with Crippen molar-refractivity contribution >= 4 is 21.8 Å². The summed E-state index contributed by atoms with van der Waals surface area (Å²) in [6.07, 6.45) is 0. The van der Waals surface area contributed by atoms with E-state index in [4.69, 9.17) is 10.5 Å². The number of hydrogen-bond acceptors (Lipinski definition) is 3. The monoisotopic (exact) mass is 348 g/mol. The van der Waals surface area contributed by atoms with Crippen molar-refractivity contribution in [2.45, 2.75) is 27.7 Å². The van der Waals surface area contributed by atoms with E-state index in [0.717, 1.165) is 26.9 Å². The van der Waals surface area contributed by atoms with Crippen molar-refractivity contribution in [3.8, 4) is 11.6 Å². The van der Waals surface area contributed by atoms with E-state index in [9.17, 15) is 4.79 Å². The molecule has 2 aromatic rings. The number of primary amides is 1. The van der Waals surface area contributed by atoms with E-state index >= 15 is 0 Å². The molecule has 0 aliphatic heterocycles. The molecule has 110 valence electrons. The minimum atomic E-state index is -0.541. The lowest BCUT2D eigenvalue weighted by molar-refractivity contribution is 0.0997. The van der Waals surface area contributed by atoms with Crippen LogP contribution in [0.2, 0.25) is 0 Å². The minimum Gasteiger partial charge on any atom is -0.438 e. The first kappa shape index (κ1) is 15.5. The maximum Gasteiger partial charge on any atom is 0.254 e. The lowest BCUT2D eigenvalue weighted by atomic mass is 10.1. The number of aromatic nitrogens is 1. The van der Waals surface area contributed by atoms with E-state index in [0.29, 0.717) is 11.3 Å². The molecule has 0 saturated carbocycles. The summed E-state index contributed by atoms with van der Waals surface area (Å²) < 4.78 is 6.86. The van der Waals surface area contributed by atoms with Gasteiger partial charge in [0.05, 0.1) is 0 Å². The van der Waals surface area contributed by atoms with E-state index in [-0.39, 0.29) is 5.88 Å². The molecule has 21 heavy (non-hydrogen) atoms. The molecule has 1 aromatic carbocycles. The number of halogens is 1. The summed E-state index contributed by atoms with van der Waals surface area (Å²) in [6.45, 7) is 7.63. The van der Waals surface area contributed by atoms with Crippen molar-refractivity contribution in [1.82, 2.24) is 4.98 Å². The van der Waals surface area contributed by atoms with Crippen LogP contribution in [-0.4, -0.2) is 10.9 Å². The molecule has 0 bridgehead atoms. The Labute approximate surface area is 132 Å². The third-order valence-corrected chi connectivity index (χ3v) is 4.43. The SMILES string of the molecule is Cc1cc(C)c(C(N)=O)c(Oc2cc(C)c(Br)c(C)c2)n1. The van der Waals surface area contributed by atoms with Crippen LogP contribution in [0.15, 0.2) is 22.7 Å². The zero-order valence-electron chi connectivity index (χ0n) is 12.5. The fourth-order valence-electron chi connectivity index (χ4n) is 2.25. The van der Waals surface area contributed by atoms with Gasteiger partial charge in [-0.3, -0.25) is 4.79 Å². The predicted octanol–water partition coefficient (Wildman–Crippen LogP) is 3.97. The summed E-state index contributed by atoms with van der Waals surface area (Å²) in [4.78, 5) is 15.9. The van der Waals surface area contributed by atoms with Crippen molar-refractivity contribution in [1.29, 1.82) is 0 Å². The number of benzene rings is 1. The summed E-state index contributed by atoms with van der Waals surface area (Å²) in [7, 11) is 0. The molecule has 5 heteroatoms. The maximum atomic E-state index is 11.6. The third kappa shape index (κ3) is 3.24. The van der Waals surface area contributed by atoms with Crippen molar-refractivity contribution < 1.29 is 9.53 Å². The third-order valence-electron chi connectivity index (χ3n) is 3.18. The van der Waals surface area contributed by atoms with Gasteiger partial charge in [-0.2, -0.15) is 0 Å². The molecule has 0 aliphatic carbocycles. The highest BCUT2D eigenvalue weighted by Gasteiger charge is 2.16. The van der Waals surface area contributed by atoms with Gasteiger partial charge in [0.15, 0.2) is 0 Å². The van der Waals surface area contributed by atoms with Gasteiger partial charge in [0, 0.05) is 10.2 Å². The molecule has 0 atom stereocenters. The number of hydrogen-bond donors (Lipinski definition) is 1. The van der Waals surface area contributed by atoms with Crippen LogP contribution in [0.1, 0.15) is 32.7 Å². The number of rotatable bonds is 3. The molecule has 1 amide bonds. The Morgan fingerprint density at radius 1 is 1.10 bits per heavy atom. The van der Waals surface area contributed by atoms with E-state index in [1.807, 2.05) is 45.9 Å². The molecule has 2 rings (SSSR count). The van der Waals surface area contributed by atoms with Crippen molar-refractivity contribution in [3.05, 3.63) is 50.6 Å².